The quantitative estimate of drug-likeness (QED) is 0.624. The molecule has 0 bridgehead atoms. The van der Waals surface area contributed by atoms with Gasteiger partial charge in [-0.1, -0.05) is 0 Å². The van der Waals surface area contributed by atoms with Crippen molar-refractivity contribution < 1.29 is 28.2 Å². The largest absolute Gasteiger partial charge is 0.493 e. The second kappa shape index (κ2) is 9.05. The summed E-state index contributed by atoms with van der Waals surface area (Å²) in [6, 6.07) is 12.1. The van der Waals surface area contributed by atoms with Crippen molar-refractivity contribution in [3.05, 3.63) is 65.6 Å². The van der Waals surface area contributed by atoms with Crippen LogP contribution in [0.2, 0.25) is 0 Å². The third-order valence-corrected chi connectivity index (χ3v) is 5.36. The summed E-state index contributed by atoms with van der Waals surface area (Å²) in [5.41, 5.74) is 2.81. The van der Waals surface area contributed by atoms with Crippen molar-refractivity contribution in [1.82, 2.24) is 0 Å². The number of nitrogens with zero attached hydrogens (tertiary/aromatic N) is 1. The fourth-order valence-electron chi connectivity index (χ4n) is 3.83. The van der Waals surface area contributed by atoms with E-state index in [1.807, 2.05) is 12.1 Å². The number of carbonyl (C=O) groups excluding carboxylic acids is 2. The molecule has 2 heterocycles. The first-order valence-electron chi connectivity index (χ1n) is 10.2. The predicted molar refractivity (Wildman–Crippen MR) is 119 cm³/mol. The Morgan fingerprint density at radius 1 is 1.00 bits per heavy atom. The topological polar surface area (TPSA) is 90.2 Å². The number of ether oxygens (including phenoxy) is 3. The summed E-state index contributed by atoms with van der Waals surface area (Å²) in [6.45, 7) is 0.615. The van der Waals surface area contributed by atoms with Gasteiger partial charge in [-0.05, 0) is 60.9 Å². The van der Waals surface area contributed by atoms with Crippen LogP contribution in [0.25, 0.3) is 0 Å². The van der Waals surface area contributed by atoms with Crippen LogP contribution in [0, 0.1) is 0 Å². The van der Waals surface area contributed by atoms with Gasteiger partial charge in [0, 0.05) is 23.5 Å². The van der Waals surface area contributed by atoms with Gasteiger partial charge in [-0.15, -0.1) is 0 Å². The van der Waals surface area contributed by atoms with Crippen molar-refractivity contribution >= 4 is 23.2 Å². The van der Waals surface area contributed by atoms with Crippen LogP contribution in [0.4, 0.5) is 11.4 Å². The lowest BCUT2D eigenvalue weighted by atomic mass is 10.0. The van der Waals surface area contributed by atoms with Crippen LogP contribution in [0.15, 0.2) is 53.1 Å². The minimum atomic E-state index is -0.316. The summed E-state index contributed by atoms with van der Waals surface area (Å²) < 4.78 is 21.2. The molecule has 0 aliphatic carbocycles. The molecule has 2 aromatic carbocycles. The second-order valence-electron chi connectivity index (χ2n) is 7.25. The average Bonchev–Trinajstić information content (AvgIpc) is 3.37. The third-order valence-electron chi connectivity index (χ3n) is 5.36. The molecule has 0 atom stereocenters. The highest BCUT2D eigenvalue weighted by Gasteiger charge is 2.25. The van der Waals surface area contributed by atoms with Gasteiger partial charge in [0.15, 0.2) is 17.3 Å². The molecule has 0 unspecified atom stereocenters. The molecule has 0 saturated heterocycles. The van der Waals surface area contributed by atoms with Gasteiger partial charge in [-0.3, -0.25) is 9.59 Å². The number of furan rings is 1. The highest BCUT2D eigenvalue weighted by Crippen LogP contribution is 2.38. The lowest BCUT2D eigenvalue weighted by Gasteiger charge is -2.29. The maximum atomic E-state index is 12.9. The van der Waals surface area contributed by atoms with Gasteiger partial charge in [0.2, 0.25) is 5.75 Å². The lowest BCUT2D eigenvalue weighted by Crippen LogP contribution is -2.35. The Balaban J connectivity index is 1.57. The van der Waals surface area contributed by atoms with Gasteiger partial charge in [-0.2, -0.15) is 0 Å². The number of hydrogen-bond acceptors (Lipinski definition) is 6. The average molecular weight is 436 g/mol. The zero-order valence-electron chi connectivity index (χ0n) is 18.1. The molecule has 8 nitrogen and oxygen atoms in total. The minimum absolute atomic E-state index is 0.176. The van der Waals surface area contributed by atoms with Gasteiger partial charge < -0.3 is 28.8 Å². The molecule has 1 aromatic heterocycles. The van der Waals surface area contributed by atoms with Crippen LogP contribution in [-0.4, -0.2) is 39.7 Å². The second-order valence-corrected chi connectivity index (χ2v) is 7.25. The summed E-state index contributed by atoms with van der Waals surface area (Å²) >= 11 is 0. The Labute approximate surface area is 185 Å². The van der Waals surface area contributed by atoms with Crippen molar-refractivity contribution in [3.8, 4) is 17.2 Å². The maximum absolute atomic E-state index is 12.9. The van der Waals surface area contributed by atoms with Crippen LogP contribution in [0.3, 0.4) is 0 Å². The summed E-state index contributed by atoms with van der Waals surface area (Å²) in [5, 5.41) is 2.91. The minimum Gasteiger partial charge on any atom is -0.493 e. The first kappa shape index (κ1) is 21.3. The summed E-state index contributed by atoms with van der Waals surface area (Å²) in [6.07, 6.45) is 3.12. The number of amides is 2. The molecule has 2 amide bonds. The number of rotatable bonds is 6. The standard InChI is InChI=1S/C24H24N2O6/c1-29-20-13-16(14-21(30-2)22(20)31-3)23(27)25-17-8-9-18-15(12-17)6-4-10-26(18)24(28)19-7-5-11-32-19/h5,7-9,11-14H,4,6,10H2,1-3H3,(H,25,27). The number of hydrogen-bond donors (Lipinski definition) is 1. The van der Waals surface area contributed by atoms with Crippen LogP contribution >= 0.6 is 0 Å². The lowest BCUT2D eigenvalue weighted by molar-refractivity contribution is 0.0957. The number of aryl methyl sites for hydroxylation is 1. The van der Waals surface area contributed by atoms with Crippen molar-refractivity contribution in [2.24, 2.45) is 0 Å². The van der Waals surface area contributed by atoms with Gasteiger partial charge in [0.1, 0.15) is 0 Å². The molecule has 3 aromatic rings. The molecule has 4 rings (SSSR count). The Kier molecular flexibility index (Phi) is 6.02. The van der Waals surface area contributed by atoms with Gasteiger partial charge in [-0.25, -0.2) is 0 Å². The summed E-state index contributed by atoms with van der Waals surface area (Å²) in [7, 11) is 4.50. The van der Waals surface area contributed by atoms with Gasteiger partial charge in [0.25, 0.3) is 11.8 Å². The Morgan fingerprint density at radius 2 is 1.75 bits per heavy atom. The van der Waals surface area contributed by atoms with E-state index in [-0.39, 0.29) is 11.8 Å². The molecule has 0 fully saturated rings. The molecule has 32 heavy (non-hydrogen) atoms. The molecule has 1 aliphatic rings. The van der Waals surface area contributed by atoms with E-state index in [1.165, 1.54) is 27.6 Å². The molecular formula is C24H24N2O6. The fourth-order valence-corrected chi connectivity index (χ4v) is 3.83. The van der Waals surface area contributed by atoms with E-state index >= 15 is 0 Å². The van der Waals surface area contributed by atoms with Crippen molar-refractivity contribution in [2.75, 3.05) is 38.1 Å². The first-order valence-corrected chi connectivity index (χ1v) is 10.2. The SMILES string of the molecule is COc1cc(C(=O)Nc2ccc3c(c2)CCCN3C(=O)c2ccco2)cc(OC)c1OC. The molecule has 0 saturated carbocycles. The summed E-state index contributed by atoms with van der Waals surface area (Å²) in [4.78, 5) is 27.4. The van der Waals surface area contributed by atoms with E-state index in [2.05, 4.69) is 5.32 Å². The molecule has 166 valence electrons. The van der Waals surface area contributed by atoms with E-state index in [1.54, 1.807) is 35.2 Å². The smallest absolute Gasteiger partial charge is 0.293 e. The first-order chi connectivity index (χ1) is 15.5. The number of carbonyl (C=O) groups is 2. The number of methoxy groups -OCH3 is 3. The zero-order valence-corrected chi connectivity index (χ0v) is 18.1. The summed E-state index contributed by atoms with van der Waals surface area (Å²) in [5.74, 6) is 1.03. The van der Waals surface area contributed by atoms with Crippen LogP contribution in [0.1, 0.15) is 32.9 Å². The van der Waals surface area contributed by atoms with Crippen molar-refractivity contribution in [1.29, 1.82) is 0 Å². The number of nitrogens with one attached hydrogen (secondary N) is 1. The molecule has 0 radical (unpaired) electrons. The Bertz CT molecular complexity index is 1110. The predicted octanol–water partition coefficient (Wildman–Crippen LogP) is 4.15. The number of anilines is 2. The number of benzene rings is 2. The normalized spacial score (nSPS) is 12.7. The molecule has 1 N–H and O–H groups in total. The highest BCUT2D eigenvalue weighted by atomic mass is 16.5. The van der Waals surface area contributed by atoms with Gasteiger partial charge in [0.05, 0.1) is 27.6 Å². The van der Waals surface area contributed by atoms with Gasteiger partial charge >= 0.3 is 0 Å². The molecule has 1 aliphatic heterocycles. The number of fused-ring (bicyclic) bond motifs is 1. The Morgan fingerprint density at radius 3 is 2.38 bits per heavy atom. The van der Waals surface area contributed by atoms with Crippen LogP contribution in [0.5, 0.6) is 17.2 Å². The highest BCUT2D eigenvalue weighted by molar-refractivity contribution is 6.07. The van der Waals surface area contributed by atoms with E-state index in [0.717, 1.165) is 24.1 Å². The van der Waals surface area contributed by atoms with E-state index in [9.17, 15) is 9.59 Å². The molecule has 8 heteroatoms. The van der Waals surface area contributed by atoms with E-state index < -0.39 is 0 Å². The van der Waals surface area contributed by atoms with Crippen LogP contribution < -0.4 is 24.4 Å². The zero-order chi connectivity index (χ0) is 22.7. The Hall–Kier alpha value is -3.94. The molecular weight excluding hydrogens is 412 g/mol. The van der Waals surface area contributed by atoms with Crippen molar-refractivity contribution in [2.45, 2.75) is 12.8 Å². The fraction of sp³-hybridized carbons (Fsp3) is 0.250. The van der Waals surface area contributed by atoms with E-state index in [0.29, 0.717) is 40.8 Å². The molecule has 0 spiro atoms. The monoisotopic (exact) mass is 436 g/mol. The van der Waals surface area contributed by atoms with E-state index in [4.69, 9.17) is 18.6 Å². The van der Waals surface area contributed by atoms with Crippen LogP contribution in [-0.2, 0) is 6.42 Å². The maximum Gasteiger partial charge on any atom is 0.293 e. The third kappa shape index (κ3) is 3.99. The van der Waals surface area contributed by atoms with Crippen molar-refractivity contribution in [3.63, 3.8) is 0 Å².